The van der Waals surface area contributed by atoms with Crippen LogP contribution in [0.15, 0.2) is 6.20 Å². The number of nitrogens with two attached hydrogens (primary N) is 1. The van der Waals surface area contributed by atoms with Crippen LogP contribution in [0.5, 0.6) is 0 Å². The second kappa shape index (κ2) is 4.89. The highest BCUT2D eigenvalue weighted by Gasteiger charge is 2.17. The van der Waals surface area contributed by atoms with Crippen molar-refractivity contribution in [3.63, 3.8) is 0 Å². The van der Waals surface area contributed by atoms with Gasteiger partial charge >= 0.3 is 0 Å². The lowest BCUT2D eigenvalue weighted by molar-refractivity contribution is 0.589. The first-order valence-corrected chi connectivity index (χ1v) is 6.36. The Bertz CT molecular complexity index is 275. The molecule has 0 atom stereocenters. The van der Waals surface area contributed by atoms with Crippen LogP contribution < -0.4 is 5.73 Å². The standard InChI is InChI=1S/C11H18N2S/c12-7-10-8-13-11(14-10)9-5-3-1-2-4-6-9/h8-9H,1-7,12H2. The van der Waals surface area contributed by atoms with Gasteiger partial charge in [-0.15, -0.1) is 11.3 Å². The van der Waals surface area contributed by atoms with E-state index in [2.05, 4.69) is 4.98 Å². The molecular formula is C11H18N2S. The molecule has 3 heteroatoms. The molecule has 14 heavy (non-hydrogen) atoms. The molecule has 78 valence electrons. The summed E-state index contributed by atoms with van der Waals surface area (Å²) in [5, 5.41) is 1.33. The molecule has 0 unspecified atom stereocenters. The molecule has 0 aliphatic heterocycles. The maximum absolute atomic E-state index is 5.59. The zero-order valence-electron chi connectivity index (χ0n) is 8.54. The Kier molecular flexibility index (Phi) is 3.54. The fraction of sp³-hybridized carbons (Fsp3) is 0.727. The van der Waals surface area contributed by atoms with Crippen LogP contribution in [0.4, 0.5) is 0 Å². The first-order valence-electron chi connectivity index (χ1n) is 5.55. The summed E-state index contributed by atoms with van der Waals surface area (Å²) in [6.45, 7) is 0.643. The van der Waals surface area contributed by atoms with E-state index in [1.165, 1.54) is 48.4 Å². The minimum absolute atomic E-state index is 0.643. The Morgan fingerprint density at radius 2 is 2.00 bits per heavy atom. The fourth-order valence-electron chi connectivity index (χ4n) is 2.13. The molecule has 1 aliphatic carbocycles. The second-order valence-electron chi connectivity index (χ2n) is 4.06. The SMILES string of the molecule is NCc1cnc(C2CCCCCC2)s1. The summed E-state index contributed by atoms with van der Waals surface area (Å²) in [4.78, 5) is 5.72. The van der Waals surface area contributed by atoms with Gasteiger partial charge in [0, 0.05) is 23.5 Å². The largest absolute Gasteiger partial charge is 0.326 e. The smallest absolute Gasteiger partial charge is 0.0959 e. The summed E-state index contributed by atoms with van der Waals surface area (Å²) in [5.74, 6) is 0.725. The average molecular weight is 210 g/mol. The first-order chi connectivity index (χ1) is 6.90. The van der Waals surface area contributed by atoms with E-state index in [4.69, 9.17) is 5.73 Å². The maximum atomic E-state index is 5.59. The van der Waals surface area contributed by atoms with Gasteiger partial charge in [-0.1, -0.05) is 25.7 Å². The van der Waals surface area contributed by atoms with Crippen LogP contribution in [-0.4, -0.2) is 4.98 Å². The summed E-state index contributed by atoms with van der Waals surface area (Å²) in [6, 6.07) is 0. The summed E-state index contributed by atoms with van der Waals surface area (Å²) >= 11 is 1.81. The Labute approximate surface area is 89.5 Å². The van der Waals surface area contributed by atoms with Crippen molar-refractivity contribution in [3.8, 4) is 0 Å². The van der Waals surface area contributed by atoms with Crippen LogP contribution in [0, 0.1) is 0 Å². The minimum atomic E-state index is 0.643. The molecule has 0 amide bonds. The molecule has 1 aromatic rings. The Morgan fingerprint density at radius 3 is 2.57 bits per heavy atom. The monoisotopic (exact) mass is 210 g/mol. The van der Waals surface area contributed by atoms with Gasteiger partial charge in [-0.3, -0.25) is 0 Å². The zero-order chi connectivity index (χ0) is 9.80. The molecule has 1 aromatic heterocycles. The molecule has 1 fully saturated rings. The maximum Gasteiger partial charge on any atom is 0.0959 e. The summed E-state index contributed by atoms with van der Waals surface area (Å²) in [5.41, 5.74) is 5.59. The quantitative estimate of drug-likeness (QED) is 0.762. The molecule has 1 heterocycles. The van der Waals surface area contributed by atoms with E-state index in [0.29, 0.717) is 6.54 Å². The highest BCUT2D eigenvalue weighted by molar-refractivity contribution is 7.11. The van der Waals surface area contributed by atoms with Gasteiger partial charge in [-0.25, -0.2) is 4.98 Å². The van der Waals surface area contributed by atoms with Gasteiger partial charge in [0.15, 0.2) is 0 Å². The lowest BCUT2D eigenvalue weighted by Gasteiger charge is -2.09. The number of rotatable bonds is 2. The summed E-state index contributed by atoms with van der Waals surface area (Å²) in [7, 11) is 0. The topological polar surface area (TPSA) is 38.9 Å². The molecule has 0 bridgehead atoms. The third-order valence-electron chi connectivity index (χ3n) is 2.98. The van der Waals surface area contributed by atoms with Crippen LogP contribution in [0.1, 0.15) is 54.3 Å². The summed E-state index contributed by atoms with van der Waals surface area (Å²) in [6.07, 6.45) is 10.2. The number of thiazole rings is 1. The van der Waals surface area contributed by atoms with Crippen molar-refractivity contribution in [1.29, 1.82) is 0 Å². The van der Waals surface area contributed by atoms with Gasteiger partial charge in [0.05, 0.1) is 5.01 Å². The molecule has 1 saturated carbocycles. The van der Waals surface area contributed by atoms with Crippen LogP contribution >= 0.6 is 11.3 Å². The number of nitrogens with zero attached hydrogens (tertiary/aromatic N) is 1. The first kappa shape index (κ1) is 10.1. The van der Waals surface area contributed by atoms with E-state index in [0.717, 1.165) is 5.92 Å². The van der Waals surface area contributed by atoms with E-state index >= 15 is 0 Å². The molecular weight excluding hydrogens is 192 g/mol. The molecule has 2 rings (SSSR count). The zero-order valence-corrected chi connectivity index (χ0v) is 9.35. The average Bonchev–Trinajstić information content (AvgIpc) is 2.53. The number of hydrogen-bond donors (Lipinski definition) is 1. The Balaban J connectivity index is 2.04. The minimum Gasteiger partial charge on any atom is -0.326 e. The van der Waals surface area contributed by atoms with Gasteiger partial charge in [0.1, 0.15) is 0 Å². The fourth-order valence-corrected chi connectivity index (χ4v) is 3.10. The second-order valence-corrected chi connectivity index (χ2v) is 5.20. The van der Waals surface area contributed by atoms with Crippen molar-refractivity contribution < 1.29 is 0 Å². The molecule has 0 radical (unpaired) electrons. The van der Waals surface area contributed by atoms with Gasteiger partial charge in [0.25, 0.3) is 0 Å². The van der Waals surface area contributed by atoms with Crippen molar-refractivity contribution in [2.24, 2.45) is 5.73 Å². The number of aromatic nitrogens is 1. The molecule has 0 saturated heterocycles. The van der Waals surface area contributed by atoms with E-state index in [1.54, 1.807) is 0 Å². The van der Waals surface area contributed by atoms with Crippen LogP contribution in [0.2, 0.25) is 0 Å². The van der Waals surface area contributed by atoms with Crippen molar-refractivity contribution in [3.05, 3.63) is 16.1 Å². The Hall–Kier alpha value is -0.410. The van der Waals surface area contributed by atoms with Crippen LogP contribution in [0.25, 0.3) is 0 Å². The molecule has 0 aromatic carbocycles. The summed E-state index contributed by atoms with van der Waals surface area (Å²) < 4.78 is 0. The third kappa shape index (κ3) is 2.34. The third-order valence-corrected chi connectivity index (χ3v) is 4.16. The van der Waals surface area contributed by atoms with Crippen molar-refractivity contribution in [1.82, 2.24) is 4.98 Å². The number of hydrogen-bond acceptors (Lipinski definition) is 3. The van der Waals surface area contributed by atoms with E-state index in [-0.39, 0.29) is 0 Å². The van der Waals surface area contributed by atoms with Gasteiger partial charge in [-0.05, 0) is 12.8 Å². The molecule has 1 aliphatic rings. The van der Waals surface area contributed by atoms with Gasteiger partial charge < -0.3 is 5.73 Å². The highest BCUT2D eigenvalue weighted by Crippen LogP contribution is 2.33. The predicted molar refractivity (Wildman–Crippen MR) is 60.4 cm³/mol. The molecule has 2 N–H and O–H groups in total. The van der Waals surface area contributed by atoms with Gasteiger partial charge in [0.2, 0.25) is 0 Å². The van der Waals surface area contributed by atoms with Gasteiger partial charge in [-0.2, -0.15) is 0 Å². The van der Waals surface area contributed by atoms with E-state index in [9.17, 15) is 0 Å². The normalized spacial score (nSPS) is 19.5. The van der Waals surface area contributed by atoms with E-state index < -0.39 is 0 Å². The van der Waals surface area contributed by atoms with Crippen LogP contribution in [-0.2, 0) is 6.54 Å². The highest BCUT2D eigenvalue weighted by atomic mass is 32.1. The van der Waals surface area contributed by atoms with Crippen molar-refractivity contribution in [2.75, 3.05) is 0 Å². The molecule has 0 spiro atoms. The predicted octanol–water partition coefficient (Wildman–Crippen LogP) is 3.04. The lowest BCUT2D eigenvalue weighted by Crippen LogP contribution is -1.95. The van der Waals surface area contributed by atoms with Crippen molar-refractivity contribution >= 4 is 11.3 Å². The van der Waals surface area contributed by atoms with E-state index in [1.807, 2.05) is 17.5 Å². The Morgan fingerprint density at radius 1 is 1.29 bits per heavy atom. The lowest BCUT2D eigenvalue weighted by atomic mass is 10.0. The van der Waals surface area contributed by atoms with Crippen LogP contribution in [0.3, 0.4) is 0 Å². The van der Waals surface area contributed by atoms with Crippen molar-refractivity contribution in [2.45, 2.75) is 51.0 Å². The molecule has 2 nitrogen and oxygen atoms in total.